The minimum Gasteiger partial charge on any atom is -0.449 e. The number of hydrogen-bond acceptors (Lipinski definition) is 4. The number of benzene rings is 3. The number of rotatable bonds is 5. The standard InChI is InChI=1S/C23H19NO4/c25-22(28-16-8-2-1-3-9-16)14-24-23(26)27-15-21-19-12-6-4-10-17(19)18-11-5-7-13-20(18)21/h1-13,21H,14-15H2,(H,24,26). The van der Waals surface area contributed by atoms with E-state index in [4.69, 9.17) is 9.47 Å². The Morgan fingerprint density at radius 1 is 0.786 bits per heavy atom. The van der Waals surface area contributed by atoms with Crippen LogP contribution in [0.5, 0.6) is 5.75 Å². The van der Waals surface area contributed by atoms with Crippen molar-refractivity contribution in [2.45, 2.75) is 5.92 Å². The molecule has 0 fully saturated rings. The highest BCUT2D eigenvalue weighted by Gasteiger charge is 2.29. The predicted octanol–water partition coefficient (Wildman–Crippen LogP) is 4.13. The summed E-state index contributed by atoms with van der Waals surface area (Å²) in [5, 5.41) is 2.44. The van der Waals surface area contributed by atoms with Crippen molar-refractivity contribution in [3.05, 3.63) is 90.0 Å². The molecule has 28 heavy (non-hydrogen) atoms. The number of para-hydroxylation sites is 1. The van der Waals surface area contributed by atoms with E-state index in [9.17, 15) is 9.59 Å². The number of hydrogen-bond donors (Lipinski definition) is 1. The van der Waals surface area contributed by atoms with Crippen LogP contribution in [0.15, 0.2) is 78.9 Å². The summed E-state index contributed by atoms with van der Waals surface area (Å²) in [7, 11) is 0. The van der Waals surface area contributed by atoms with E-state index in [1.807, 2.05) is 30.3 Å². The second kappa shape index (κ2) is 7.96. The van der Waals surface area contributed by atoms with Crippen molar-refractivity contribution in [3.63, 3.8) is 0 Å². The number of ether oxygens (including phenoxy) is 2. The summed E-state index contributed by atoms with van der Waals surface area (Å²) in [5.74, 6) is -0.143. The molecular formula is C23H19NO4. The maximum atomic E-state index is 12.0. The molecule has 5 heteroatoms. The van der Waals surface area contributed by atoms with Crippen molar-refractivity contribution < 1.29 is 19.1 Å². The number of amides is 1. The van der Waals surface area contributed by atoms with Crippen molar-refractivity contribution in [2.24, 2.45) is 0 Å². The zero-order valence-electron chi connectivity index (χ0n) is 15.1. The van der Waals surface area contributed by atoms with E-state index < -0.39 is 12.1 Å². The van der Waals surface area contributed by atoms with E-state index in [2.05, 4.69) is 29.6 Å². The van der Waals surface area contributed by atoms with Gasteiger partial charge in [-0.05, 0) is 34.4 Å². The van der Waals surface area contributed by atoms with Crippen LogP contribution in [-0.2, 0) is 9.53 Å². The molecule has 4 rings (SSSR count). The highest BCUT2D eigenvalue weighted by molar-refractivity contribution is 5.80. The van der Waals surface area contributed by atoms with Crippen LogP contribution < -0.4 is 10.1 Å². The Bertz CT molecular complexity index is 955. The molecule has 1 amide bonds. The minimum absolute atomic E-state index is 0.0191. The summed E-state index contributed by atoms with van der Waals surface area (Å²) in [6, 6.07) is 24.9. The third kappa shape index (κ3) is 3.74. The zero-order chi connectivity index (χ0) is 19.3. The number of esters is 1. The fourth-order valence-corrected chi connectivity index (χ4v) is 3.45. The van der Waals surface area contributed by atoms with E-state index >= 15 is 0 Å². The Kier molecular flexibility index (Phi) is 5.06. The first-order chi connectivity index (χ1) is 13.7. The highest BCUT2D eigenvalue weighted by atomic mass is 16.6. The molecule has 5 nitrogen and oxygen atoms in total. The van der Waals surface area contributed by atoms with Crippen LogP contribution in [0.2, 0.25) is 0 Å². The molecule has 0 atom stereocenters. The molecule has 0 heterocycles. The van der Waals surface area contributed by atoms with Gasteiger partial charge >= 0.3 is 12.1 Å². The van der Waals surface area contributed by atoms with Gasteiger partial charge in [-0.2, -0.15) is 0 Å². The molecule has 0 saturated heterocycles. The molecule has 1 N–H and O–H groups in total. The van der Waals surface area contributed by atoms with Gasteiger partial charge in [0.1, 0.15) is 18.9 Å². The van der Waals surface area contributed by atoms with Crippen LogP contribution in [0.3, 0.4) is 0 Å². The normalized spacial score (nSPS) is 12.0. The number of fused-ring (bicyclic) bond motifs is 3. The third-order valence-electron chi connectivity index (χ3n) is 4.70. The maximum Gasteiger partial charge on any atom is 0.407 e. The van der Waals surface area contributed by atoms with Gasteiger partial charge in [0.05, 0.1) is 0 Å². The summed E-state index contributed by atoms with van der Waals surface area (Å²) in [6.45, 7) is -0.0564. The first-order valence-electron chi connectivity index (χ1n) is 9.07. The van der Waals surface area contributed by atoms with Crippen LogP contribution >= 0.6 is 0 Å². The van der Waals surface area contributed by atoms with Gasteiger partial charge in [0.25, 0.3) is 0 Å². The Labute approximate surface area is 162 Å². The smallest absolute Gasteiger partial charge is 0.407 e. The zero-order valence-corrected chi connectivity index (χ0v) is 15.1. The van der Waals surface area contributed by atoms with Gasteiger partial charge in [-0.3, -0.25) is 0 Å². The second-order valence-corrected chi connectivity index (χ2v) is 6.47. The average Bonchev–Trinajstić information content (AvgIpc) is 3.05. The predicted molar refractivity (Wildman–Crippen MR) is 105 cm³/mol. The van der Waals surface area contributed by atoms with Gasteiger partial charge in [-0.25, -0.2) is 9.59 Å². The average molecular weight is 373 g/mol. The van der Waals surface area contributed by atoms with Gasteiger partial charge in [0.2, 0.25) is 0 Å². The SMILES string of the molecule is O=C(CNC(=O)OCC1c2ccccc2-c2ccccc21)Oc1ccccc1. The van der Waals surface area contributed by atoms with Gasteiger partial charge < -0.3 is 14.8 Å². The largest absolute Gasteiger partial charge is 0.449 e. The topological polar surface area (TPSA) is 64.6 Å². The molecule has 0 aliphatic heterocycles. The van der Waals surface area contributed by atoms with Crippen molar-refractivity contribution >= 4 is 12.1 Å². The van der Waals surface area contributed by atoms with Gasteiger partial charge in [0, 0.05) is 5.92 Å². The van der Waals surface area contributed by atoms with Crippen LogP contribution in [0.4, 0.5) is 4.79 Å². The Balaban J connectivity index is 1.33. The fourth-order valence-electron chi connectivity index (χ4n) is 3.45. The summed E-state index contributed by atoms with van der Waals surface area (Å²) in [4.78, 5) is 23.9. The summed E-state index contributed by atoms with van der Waals surface area (Å²) < 4.78 is 10.5. The molecule has 0 saturated carbocycles. The Hall–Kier alpha value is -3.60. The van der Waals surface area contributed by atoms with Crippen LogP contribution in [-0.4, -0.2) is 25.2 Å². The molecule has 140 valence electrons. The molecule has 1 aliphatic rings. The number of nitrogens with one attached hydrogen (secondary N) is 1. The summed E-state index contributed by atoms with van der Waals surface area (Å²) in [6.07, 6.45) is -0.646. The van der Waals surface area contributed by atoms with Crippen molar-refractivity contribution in [1.29, 1.82) is 0 Å². The summed E-state index contributed by atoms with van der Waals surface area (Å²) in [5.41, 5.74) is 4.61. The summed E-state index contributed by atoms with van der Waals surface area (Å²) >= 11 is 0. The van der Waals surface area contributed by atoms with E-state index in [-0.39, 0.29) is 19.1 Å². The molecule has 0 aromatic heterocycles. The van der Waals surface area contributed by atoms with E-state index in [1.54, 1.807) is 24.3 Å². The van der Waals surface area contributed by atoms with Crippen molar-refractivity contribution in [2.75, 3.05) is 13.2 Å². The maximum absolute atomic E-state index is 12.0. The molecule has 0 radical (unpaired) electrons. The molecule has 0 spiro atoms. The van der Waals surface area contributed by atoms with Gasteiger partial charge in [-0.1, -0.05) is 66.7 Å². The van der Waals surface area contributed by atoms with Crippen LogP contribution in [0.25, 0.3) is 11.1 Å². The number of alkyl carbamates (subject to hydrolysis) is 1. The van der Waals surface area contributed by atoms with Crippen LogP contribution in [0, 0.1) is 0 Å². The number of carbonyl (C=O) groups is 2. The van der Waals surface area contributed by atoms with Gasteiger partial charge in [0.15, 0.2) is 0 Å². The second-order valence-electron chi connectivity index (χ2n) is 6.47. The first-order valence-corrected chi connectivity index (χ1v) is 9.07. The van der Waals surface area contributed by atoms with E-state index in [0.717, 1.165) is 11.1 Å². The van der Waals surface area contributed by atoms with E-state index in [1.165, 1.54) is 11.1 Å². The lowest BCUT2D eigenvalue weighted by Gasteiger charge is -2.14. The number of carbonyl (C=O) groups excluding carboxylic acids is 2. The lowest BCUT2D eigenvalue weighted by atomic mass is 9.98. The quantitative estimate of drug-likeness (QED) is 0.539. The van der Waals surface area contributed by atoms with Crippen molar-refractivity contribution in [1.82, 2.24) is 5.32 Å². The fraction of sp³-hybridized carbons (Fsp3) is 0.130. The first kappa shape index (κ1) is 17.8. The molecule has 3 aromatic rings. The molecule has 3 aromatic carbocycles. The Morgan fingerprint density at radius 2 is 1.36 bits per heavy atom. The van der Waals surface area contributed by atoms with Crippen LogP contribution in [0.1, 0.15) is 17.0 Å². The highest BCUT2D eigenvalue weighted by Crippen LogP contribution is 2.44. The molecule has 1 aliphatic carbocycles. The lowest BCUT2D eigenvalue weighted by molar-refractivity contribution is -0.133. The van der Waals surface area contributed by atoms with E-state index in [0.29, 0.717) is 5.75 Å². The molecule has 0 unspecified atom stereocenters. The lowest BCUT2D eigenvalue weighted by Crippen LogP contribution is -2.33. The minimum atomic E-state index is -0.646. The molecular weight excluding hydrogens is 354 g/mol. The monoisotopic (exact) mass is 373 g/mol. The Morgan fingerprint density at radius 3 is 2.00 bits per heavy atom. The third-order valence-corrected chi connectivity index (χ3v) is 4.70. The van der Waals surface area contributed by atoms with Gasteiger partial charge in [-0.15, -0.1) is 0 Å². The van der Waals surface area contributed by atoms with Crippen molar-refractivity contribution in [3.8, 4) is 16.9 Å². The molecule has 0 bridgehead atoms.